The van der Waals surface area contributed by atoms with Gasteiger partial charge in [0, 0.05) is 18.8 Å². The van der Waals surface area contributed by atoms with Crippen LogP contribution in [0.15, 0.2) is 65.2 Å². The van der Waals surface area contributed by atoms with Crippen LogP contribution in [-0.4, -0.2) is 20.7 Å². The van der Waals surface area contributed by atoms with Crippen LogP contribution in [0.5, 0.6) is 0 Å². The Morgan fingerprint density at radius 2 is 1.96 bits per heavy atom. The number of amides is 1. The van der Waals surface area contributed by atoms with Crippen LogP contribution >= 0.6 is 0 Å². The number of carbonyl (C=O) groups is 1. The van der Waals surface area contributed by atoms with Crippen molar-refractivity contribution in [2.24, 2.45) is 0 Å². The van der Waals surface area contributed by atoms with Crippen LogP contribution in [0.1, 0.15) is 16.4 Å². The van der Waals surface area contributed by atoms with Crippen molar-refractivity contribution in [1.29, 1.82) is 0 Å². The fraction of sp³-hybridized carbons (Fsp3) is 0.0556. The molecule has 24 heavy (non-hydrogen) atoms. The molecule has 0 fully saturated rings. The predicted octanol–water partition coefficient (Wildman–Crippen LogP) is 3.57. The zero-order valence-electron chi connectivity index (χ0n) is 12.9. The van der Waals surface area contributed by atoms with Gasteiger partial charge < -0.3 is 9.73 Å². The van der Waals surface area contributed by atoms with Gasteiger partial charge in [-0.05, 0) is 36.4 Å². The summed E-state index contributed by atoms with van der Waals surface area (Å²) < 4.78 is 7.09. The van der Waals surface area contributed by atoms with Gasteiger partial charge >= 0.3 is 0 Å². The maximum atomic E-state index is 12.4. The van der Waals surface area contributed by atoms with Crippen LogP contribution in [0.3, 0.4) is 0 Å². The Labute approximate surface area is 137 Å². The number of anilines is 1. The molecule has 4 aromatic rings. The molecule has 4 rings (SSSR count). The Bertz CT molecular complexity index is 1020. The SMILES string of the molecule is Cc1nc2cc(NC(=O)c3ccn(-c4ccccc4)n3)ccc2o1. The third-order valence-corrected chi connectivity index (χ3v) is 3.59. The number of para-hydroxylation sites is 1. The molecule has 2 aromatic heterocycles. The number of benzene rings is 2. The molecule has 0 aliphatic heterocycles. The predicted molar refractivity (Wildman–Crippen MR) is 90.3 cm³/mol. The number of fused-ring (bicyclic) bond motifs is 1. The smallest absolute Gasteiger partial charge is 0.276 e. The first-order valence-electron chi connectivity index (χ1n) is 7.49. The maximum absolute atomic E-state index is 12.4. The second kappa shape index (κ2) is 5.66. The first kappa shape index (κ1) is 14.2. The van der Waals surface area contributed by atoms with Crippen molar-refractivity contribution in [2.75, 3.05) is 5.32 Å². The Morgan fingerprint density at radius 1 is 1.12 bits per heavy atom. The van der Waals surface area contributed by atoms with Gasteiger partial charge in [0.05, 0.1) is 5.69 Å². The highest BCUT2D eigenvalue weighted by atomic mass is 16.3. The van der Waals surface area contributed by atoms with Gasteiger partial charge in [-0.15, -0.1) is 0 Å². The van der Waals surface area contributed by atoms with Crippen molar-refractivity contribution >= 4 is 22.7 Å². The molecule has 0 saturated heterocycles. The molecular weight excluding hydrogens is 304 g/mol. The average Bonchev–Trinajstić information content (AvgIpc) is 3.21. The van der Waals surface area contributed by atoms with E-state index in [4.69, 9.17) is 4.42 Å². The summed E-state index contributed by atoms with van der Waals surface area (Å²) in [6.07, 6.45) is 1.76. The number of aryl methyl sites for hydroxylation is 1. The third-order valence-electron chi connectivity index (χ3n) is 3.59. The zero-order valence-corrected chi connectivity index (χ0v) is 12.9. The Hall–Kier alpha value is -3.41. The molecule has 0 atom stereocenters. The largest absolute Gasteiger partial charge is 0.441 e. The minimum Gasteiger partial charge on any atom is -0.441 e. The lowest BCUT2D eigenvalue weighted by atomic mass is 10.2. The van der Waals surface area contributed by atoms with Crippen LogP contribution in [-0.2, 0) is 0 Å². The third kappa shape index (κ3) is 2.65. The molecule has 0 unspecified atom stereocenters. The van der Waals surface area contributed by atoms with Crippen molar-refractivity contribution in [2.45, 2.75) is 6.92 Å². The van der Waals surface area contributed by atoms with Crippen LogP contribution in [0.4, 0.5) is 5.69 Å². The minimum absolute atomic E-state index is 0.274. The molecule has 0 bridgehead atoms. The lowest BCUT2D eigenvalue weighted by molar-refractivity contribution is 0.102. The number of oxazole rings is 1. The van der Waals surface area contributed by atoms with E-state index in [1.165, 1.54) is 0 Å². The summed E-state index contributed by atoms with van der Waals surface area (Å²) in [5, 5.41) is 7.14. The number of nitrogens with one attached hydrogen (secondary N) is 1. The lowest BCUT2D eigenvalue weighted by Crippen LogP contribution is -2.13. The van der Waals surface area contributed by atoms with E-state index in [-0.39, 0.29) is 5.91 Å². The van der Waals surface area contributed by atoms with Crippen LogP contribution in [0.2, 0.25) is 0 Å². The van der Waals surface area contributed by atoms with Gasteiger partial charge in [0.2, 0.25) is 0 Å². The minimum atomic E-state index is -0.274. The van der Waals surface area contributed by atoms with E-state index in [0.29, 0.717) is 28.4 Å². The highest BCUT2D eigenvalue weighted by Gasteiger charge is 2.11. The van der Waals surface area contributed by atoms with Gasteiger partial charge in [0.15, 0.2) is 17.2 Å². The number of aromatic nitrogens is 3. The second-order valence-electron chi connectivity index (χ2n) is 5.35. The van der Waals surface area contributed by atoms with Crippen LogP contribution in [0, 0.1) is 6.92 Å². The zero-order chi connectivity index (χ0) is 16.5. The van der Waals surface area contributed by atoms with Crippen molar-refractivity contribution < 1.29 is 9.21 Å². The fourth-order valence-electron chi connectivity index (χ4n) is 2.49. The van der Waals surface area contributed by atoms with Gasteiger partial charge in [-0.25, -0.2) is 9.67 Å². The first-order chi connectivity index (χ1) is 11.7. The summed E-state index contributed by atoms with van der Waals surface area (Å²) in [6.45, 7) is 1.79. The molecule has 0 aliphatic carbocycles. The van der Waals surface area contributed by atoms with Crippen molar-refractivity contribution in [3.8, 4) is 5.69 Å². The monoisotopic (exact) mass is 318 g/mol. The van der Waals surface area contributed by atoms with E-state index < -0.39 is 0 Å². The number of rotatable bonds is 3. The summed E-state index contributed by atoms with van der Waals surface area (Å²) in [7, 11) is 0. The maximum Gasteiger partial charge on any atom is 0.276 e. The Balaban J connectivity index is 1.56. The summed E-state index contributed by atoms with van der Waals surface area (Å²) in [4.78, 5) is 16.6. The standard InChI is InChI=1S/C18H14N4O2/c1-12-19-16-11-13(7-8-17(16)24-12)20-18(23)15-9-10-22(21-15)14-5-3-2-4-6-14/h2-11H,1H3,(H,20,23). The number of hydrogen-bond donors (Lipinski definition) is 1. The van der Waals surface area contributed by atoms with Crippen LogP contribution in [0.25, 0.3) is 16.8 Å². The highest BCUT2D eigenvalue weighted by molar-refractivity contribution is 6.03. The van der Waals surface area contributed by atoms with E-state index in [1.807, 2.05) is 30.3 Å². The van der Waals surface area contributed by atoms with Gasteiger partial charge in [-0.2, -0.15) is 5.10 Å². The summed E-state index contributed by atoms with van der Waals surface area (Å²) >= 11 is 0. The van der Waals surface area contributed by atoms with E-state index in [1.54, 1.807) is 42.1 Å². The van der Waals surface area contributed by atoms with Gasteiger partial charge in [-0.3, -0.25) is 4.79 Å². The van der Waals surface area contributed by atoms with E-state index in [9.17, 15) is 4.79 Å². The normalized spacial score (nSPS) is 10.9. The van der Waals surface area contributed by atoms with Crippen molar-refractivity contribution in [3.63, 3.8) is 0 Å². The molecule has 118 valence electrons. The van der Waals surface area contributed by atoms with Crippen LogP contribution < -0.4 is 5.32 Å². The van der Waals surface area contributed by atoms with E-state index in [0.717, 1.165) is 5.69 Å². The topological polar surface area (TPSA) is 73.0 Å². The first-order valence-corrected chi connectivity index (χ1v) is 7.49. The highest BCUT2D eigenvalue weighted by Crippen LogP contribution is 2.20. The quantitative estimate of drug-likeness (QED) is 0.626. The molecule has 1 amide bonds. The van der Waals surface area contributed by atoms with E-state index in [2.05, 4.69) is 15.4 Å². The molecule has 2 heterocycles. The van der Waals surface area contributed by atoms with Gasteiger partial charge in [-0.1, -0.05) is 18.2 Å². The van der Waals surface area contributed by atoms with Gasteiger partial charge in [0.25, 0.3) is 5.91 Å². The van der Waals surface area contributed by atoms with Crippen molar-refractivity contribution in [1.82, 2.24) is 14.8 Å². The summed E-state index contributed by atoms with van der Waals surface area (Å²) in [5.41, 5.74) is 3.29. The fourth-order valence-corrected chi connectivity index (χ4v) is 2.49. The number of hydrogen-bond acceptors (Lipinski definition) is 4. The Kier molecular flexibility index (Phi) is 3.35. The number of carbonyl (C=O) groups excluding carboxylic acids is 1. The molecule has 0 aliphatic rings. The Morgan fingerprint density at radius 3 is 2.79 bits per heavy atom. The van der Waals surface area contributed by atoms with E-state index >= 15 is 0 Å². The molecule has 0 saturated carbocycles. The summed E-state index contributed by atoms with van der Waals surface area (Å²) in [5.74, 6) is 0.319. The number of nitrogens with zero attached hydrogens (tertiary/aromatic N) is 3. The molecular formula is C18H14N4O2. The summed E-state index contributed by atoms with van der Waals surface area (Å²) in [6, 6.07) is 16.6. The molecule has 6 nitrogen and oxygen atoms in total. The molecule has 0 radical (unpaired) electrons. The van der Waals surface area contributed by atoms with Crippen molar-refractivity contribution in [3.05, 3.63) is 72.4 Å². The molecule has 1 N–H and O–H groups in total. The molecule has 0 spiro atoms. The van der Waals surface area contributed by atoms with Gasteiger partial charge in [0.1, 0.15) is 5.52 Å². The average molecular weight is 318 g/mol. The molecule has 6 heteroatoms. The second-order valence-corrected chi connectivity index (χ2v) is 5.35. The lowest BCUT2D eigenvalue weighted by Gasteiger charge is -2.03. The molecule has 2 aromatic carbocycles.